The van der Waals surface area contributed by atoms with Crippen molar-refractivity contribution in [3.8, 4) is 17.6 Å². The van der Waals surface area contributed by atoms with Crippen LogP contribution in [0, 0.1) is 18.3 Å². The van der Waals surface area contributed by atoms with Gasteiger partial charge in [-0.05, 0) is 86.8 Å². The van der Waals surface area contributed by atoms with Crippen molar-refractivity contribution in [1.29, 1.82) is 5.26 Å². The Kier molecular flexibility index (Phi) is 8.15. The maximum absolute atomic E-state index is 12.7. The molecule has 0 unspecified atom stereocenters. The fourth-order valence-electron chi connectivity index (χ4n) is 2.86. The van der Waals surface area contributed by atoms with Gasteiger partial charge in [-0.1, -0.05) is 29.8 Å². The second-order valence-electron chi connectivity index (χ2n) is 6.99. The predicted octanol–water partition coefficient (Wildman–Crippen LogP) is 5.84. The molecule has 3 aromatic carbocycles. The van der Waals surface area contributed by atoms with Crippen molar-refractivity contribution in [3.63, 3.8) is 0 Å². The van der Waals surface area contributed by atoms with E-state index >= 15 is 0 Å². The van der Waals surface area contributed by atoms with E-state index in [-0.39, 0.29) is 16.2 Å². The van der Waals surface area contributed by atoms with Gasteiger partial charge in [0.25, 0.3) is 5.91 Å². The lowest BCUT2D eigenvalue weighted by atomic mass is 10.1. The van der Waals surface area contributed by atoms with Crippen molar-refractivity contribution in [1.82, 2.24) is 0 Å². The Labute approximate surface area is 214 Å². The van der Waals surface area contributed by atoms with E-state index < -0.39 is 16.0 Å². The first kappa shape index (κ1) is 25.5. The lowest BCUT2D eigenvalue weighted by Crippen LogP contribution is -2.14. The smallest absolute Gasteiger partial charge is 0.339 e. The minimum absolute atomic E-state index is 0.0145. The quantitative estimate of drug-likeness (QED) is 0.206. The van der Waals surface area contributed by atoms with Gasteiger partial charge in [-0.2, -0.15) is 13.7 Å². The normalized spacial score (nSPS) is 11.4. The molecule has 1 amide bonds. The van der Waals surface area contributed by atoms with Gasteiger partial charge >= 0.3 is 10.1 Å². The molecule has 0 saturated heterocycles. The Morgan fingerprint density at radius 3 is 2.26 bits per heavy atom. The average Bonchev–Trinajstić information content (AvgIpc) is 2.80. The number of aryl methyl sites for hydroxylation is 1. The van der Waals surface area contributed by atoms with E-state index in [1.807, 2.05) is 13.0 Å². The molecule has 3 rings (SSSR count). The highest BCUT2D eigenvalue weighted by molar-refractivity contribution is 9.11. The molecule has 0 fully saturated rings. The number of ether oxygens (including phenoxy) is 1. The van der Waals surface area contributed by atoms with Gasteiger partial charge in [0, 0.05) is 0 Å². The molecule has 0 saturated carbocycles. The zero-order valence-electron chi connectivity index (χ0n) is 18.0. The highest BCUT2D eigenvalue weighted by Gasteiger charge is 2.21. The number of amides is 1. The maximum Gasteiger partial charge on any atom is 0.339 e. The van der Waals surface area contributed by atoms with Crippen LogP contribution in [0.3, 0.4) is 0 Å². The van der Waals surface area contributed by atoms with Gasteiger partial charge in [-0.3, -0.25) is 4.79 Å². The SMILES string of the molecule is COc1ccccc1NC(=O)/C(C#N)=C/c1cc(Br)c(OS(=O)(=O)c2ccc(C)cc2)c(Br)c1. The molecule has 1 N–H and O–H groups in total. The molecule has 0 aliphatic carbocycles. The summed E-state index contributed by atoms with van der Waals surface area (Å²) in [6, 6.07) is 18.0. The van der Waals surface area contributed by atoms with E-state index in [9.17, 15) is 18.5 Å². The van der Waals surface area contributed by atoms with Gasteiger partial charge in [0.2, 0.25) is 0 Å². The van der Waals surface area contributed by atoms with Crippen molar-refractivity contribution in [3.05, 3.63) is 86.3 Å². The van der Waals surface area contributed by atoms with Crippen LogP contribution in [-0.2, 0) is 14.9 Å². The fourth-order valence-corrected chi connectivity index (χ4v) is 5.42. The lowest BCUT2D eigenvalue weighted by Gasteiger charge is -2.12. The molecule has 0 atom stereocenters. The van der Waals surface area contributed by atoms with Crippen molar-refractivity contribution in [2.45, 2.75) is 11.8 Å². The average molecular weight is 606 g/mol. The molecular weight excluding hydrogens is 588 g/mol. The topological polar surface area (TPSA) is 105 Å². The largest absolute Gasteiger partial charge is 0.495 e. The number of hydrogen-bond acceptors (Lipinski definition) is 6. The number of hydrogen-bond donors (Lipinski definition) is 1. The first-order valence-electron chi connectivity index (χ1n) is 9.71. The Hall–Kier alpha value is -3.13. The van der Waals surface area contributed by atoms with Crippen LogP contribution in [0.15, 0.2) is 80.1 Å². The zero-order valence-corrected chi connectivity index (χ0v) is 22.0. The Morgan fingerprint density at radius 2 is 1.68 bits per heavy atom. The summed E-state index contributed by atoms with van der Waals surface area (Å²) in [5.41, 5.74) is 1.64. The molecule has 174 valence electrons. The van der Waals surface area contributed by atoms with Crippen LogP contribution in [0.25, 0.3) is 6.08 Å². The van der Waals surface area contributed by atoms with Crippen LogP contribution in [0.5, 0.6) is 11.5 Å². The summed E-state index contributed by atoms with van der Waals surface area (Å²) in [5, 5.41) is 12.2. The van der Waals surface area contributed by atoms with Crippen LogP contribution < -0.4 is 14.2 Å². The third-order valence-corrected chi connectivity index (χ3v) is 6.97. The summed E-state index contributed by atoms with van der Waals surface area (Å²) >= 11 is 6.62. The molecule has 0 bridgehead atoms. The zero-order chi connectivity index (χ0) is 24.9. The molecule has 10 heteroatoms. The van der Waals surface area contributed by atoms with Crippen molar-refractivity contribution < 1.29 is 22.1 Å². The van der Waals surface area contributed by atoms with E-state index in [1.165, 1.54) is 25.3 Å². The molecule has 0 radical (unpaired) electrons. The van der Waals surface area contributed by atoms with Gasteiger partial charge in [0.05, 0.1) is 21.7 Å². The maximum atomic E-state index is 12.7. The van der Waals surface area contributed by atoms with Crippen molar-refractivity contribution in [2.24, 2.45) is 0 Å². The van der Waals surface area contributed by atoms with E-state index in [2.05, 4.69) is 37.2 Å². The minimum atomic E-state index is -4.07. The number of methoxy groups -OCH3 is 1. The van der Waals surface area contributed by atoms with Crippen molar-refractivity contribution >= 4 is 59.6 Å². The van der Waals surface area contributed by atoms with Gasteiger partial charge in [0.1, 0.15) is 22.3 Å². The second-order valence-corrected chi connectivity index (χ2v) is 10.2. The number of nitriles is 1. The molecular formula is C24H18Br2N2O5S. The van der Waals surface area contributed by atoms with E-state index in [0.717, 1.165) is 5.56 Å². The van der Waals surface area contributed by atoms with Gasteiger partial charge < -0.3 is 14.2 Å². The summed E-state index contributed by atoms with van der Waals surface area (Å²) in [5.74, 6) is -0.133. The number of nitrogens with zero attached hydrogens (tertiary/aromatic N) is 1. The van der Waals surface area contributed by atoms with Crippen LogP contribution >= 0.6 is 31.9 Å². The van der Waals surface area contributed by atoms with Crippen LogP contribution in [0.1, 0.15) is 11.1 Å². The summed E-state index contributed by atoms with van der Waals surface area (Å²) in [7, 11) is -2.60. The highest BCUT2D eigenvalue weighted by Crippen LogP contribution is 2.37. The van der Waals surface area contributed by atoms with Gasteiger partial charge in [0.15, 0.2) is 5.75 Å². The third-order valence-electron chi connectivity index (χ3n) is 4.55. The Bertz CT molecular complexity index is 1390. The molecule has 0 spiro atoms. The Balaban J connectivity index is 1.87. The second kappa shape index (κ2) is 10.9. The molecule has 0 aromatic heterocycles. The fraction of sp³-hybridized carbons (Fsp3) is 0.0833. The monoisotopic (exact) mass is 604 g/mol. The summed E-state index contributed by atoms with van der Waals surface area (Å²) in [6.07, 6.45) is 1.37. The number of benzene rings is 3. The van der Waals surface area contributed by atoms with Gasteiger partial charge in [-0.15, -0.1) is 0 Å². The molecule has 3 aromatic rings. The summed E-state index contributed by atoms with van der Waals surface area (Å²) in [4.78, 5) is 12.7. The summed E-state index contributed by atoms with van der Waals surface area (Å²) in [6.45, 7) is 1.85. The first-order valence-corrected chi connectivity index (χ1v) is 12.7. The number of anilines is 1. The number of rotatable bonds is 7. The summed E-state index contributed by atoms with van der Waals surface area (Å²) < 4.78 is 36.5. The van der Waals surface area contributed by atoms with E-state index in [4.69, 9.17) is 8.92 Å². The van der Waals surface area contributed by atoms with Crippen LogP contribution in [0.4, 0.5) is 5.69 Å². The highest BCUT2D eigenvalue weighted by atomic mass is 79.9. The van der Waals surface area contributed by atoms with Crippen molar-refractivity contribution in [2.75, 3.05) is 12.4 Å². The molecule has 0 aliphatic rings. The van der Waals surface area contributed by atoms with Gasteiger partial charge in [-0.25, -0.2) is 0 Å². The molecule has 34 heavy (non-hydrogen) atoms. The van der Waals surface area contributed by atoms with Crippen LogP contribution in [-0.4, -0.2) is 21.4 Å². The molecule has 0 heterocycles. The number of carbonyl (C=O) groups is 1. The van der Waals surface area contributed by atoms with Crippen LogP contribution in [0.2, 0.25) is 0 Å². The lowest BCUT2D eigenvalue weighted by molar-refractivity contribution is -0.112. The number of halogens is 2. The number of nitrogens with one attached hydrogen (secondary N) is 1. The molecule has 7 nitrogen and oxygen atoms in total. The Morgan fingerprint density at radius 1 is 1.06 bits per heavy atom. The minimum Gasteiger partial charge on any atom is -0.495 e. The molecule has 0 aliphatic heterocycles. The standard InChI is InChI=1S/C24H18Br2N2O5S/c1-15-7-9-18(10-8-15)34(30,31)33-23-19(25)12-16(13-20(23)26)11-17(14-27)24(29)28-21-5-3-4-6-22(21)32-2/h3-13H,1-2H3,(H,28,29)/b17-11+. The van der Waals surface area contributed by atoms with E-state index in [1.54, 1.807) is 48.5 Å². The van der Waals surface area contributed by atoms with E-state index in [0.29, 0.717) is 25.9 Å². The third kappa shape index (κ3) is 6.05. The number of carbonyl (C=O) groups excluding carboxylic acids is 1. The first-order chi connectivity index (χ1) is 16.1. The number of para-hydroxylation sites is 2. The predicted molar refractivity (Wildman–Crippen MR) is 136 cm³/mol.